The maximum absolute atomic E-state index is 14.1. The summed E-state index contributed by atoms with van der Waals surface area (Å²) in [4.78, 5) is 13.9. The van der Waals surface area contributed by atoms with Gasteiger partial charge >= 0.3 is 5.92 Å². The van der Waals surface area contributed by atoms with Crippen molar-refractivity contribution in [1.29, 1.82) is 0 Å². The summed E-state index contributed by atoms with van der Waals surface area (Å²) in [6.45, 7) is 1.60. The Bertz CT molecular complexity index is 488. The predicted molar refractivity (Wildman–Crippen MR) is 74.0 cm³/mol. The van der Waals surface area contributed by atoms with Crippen molar-refractivity contribution >= 4 is 17.5 Å². The van der Waals surface area contributed by atoms with E-state index in [2.05, 4.69) is 10.2 Å². The highest BCUT2D eigenvalue weighted by molar-refractivity contribution is 6.30. The van der Waals surface area contributed by atoms with Crippen LogP contribution >= 0.6 is 11.6 Å². The number of nitrogens with one attached hydrogen (secondary N) is 1. The number of rotatable bonds is 3. The minimum atomic E-state index is -3.56. The van der Waals surface area contributed by atoms with Crippen LogP contribution in [0.15, 0.2) is 24.3 Å². The molecule has 1 fully saturated rings. The van der Waals surface area contributed by atoms with Crippen LogP contribution in [-0.4, -0.2) is 37.0 Å². The molecule has 1 amide bonds. The quantitative estimate of drug-likeness (QED) is 0.931. The predicted octanol–water partition coefficient (Wildman–Crippen LogP) is 2.64. The van der Waals surface area contributed by atoms with Crippen LogP contribution in [0.1, 0.15) is 18.4 Å². The molecule has 6 heteroatoms. The number of benzene rings is 1. The van der Waals surface area contributed by atoms with Gasteiger partial charge in [-0.25, -0.2) is 0 Å². The molecule has 1 aliphatic rings. The van der Waals surface area contributed by atoms with E-state index in [0.717, 1.165) is 19.2 Å². The SMILES string of the molecule is CN1CCC(NC(=O)C(F)(F)c2cccc(Cl)c2)CC1. The molecule has 20 heavy (non-hydrogen) atoms. The van der Waals surface area contributed by atoms with E-state index in [0.29, 0.717) is 12.8 Å². The highest BCUT2D eigenvalue weighted by Gasteiger charge is 2.42. The zero-order valence-electron chi connectivity index (χ0n) is 11.2. The molecule has 0 bridgehead atoms. The lowest BCUT2D eigenvalue weighted by molar-refractivity contribution is -0.148. The van der Waals surface area contributed by atoms with Crippen LogP contribution in [0.25, 0.3) is 0 Å². The summed E-state index contributed by atoms with van der Waals surface area (Å²) in [6.07, 6.45) is 1.38. The maximum atomic E-state index is 14.1. The Balaban J connectivity index is 2.03. The van der Waals surface area contributed by atoms with E-state index < -0.39 is 11.8 Å². The van der Waals surface area contributed by atoms with Crippen molar-refractivity contribution in [2.75, 3.05) is 20.1 Å². The van der Waals surface area contributed by atoms with Gasteiger partial charge in [-0.15, -0.1) is 0 Å². The summed E-state index contributed by atoms with van der Waals surface area (Å²) in [5, 5.41) is 2.63. The zero-order valence-corrected chi connectivity index (χ0v) is 12.0. The van der Waals surface area contributed by atoms with Crippen molar-refractivity contribution < 1.29 is 13.6 Å². The standard InChI is InChI=1S/C14H17ClF2N2O/c1-19-7-5-12(6-8-19)18-13(20)14(16,17)10-3-2-4-11(15)9-10/h2-4,9,12H,5-8H2,1H3,(H,18,20). The second-order valence-corrected chi connectivity index (χ2v) is 5.57. The second kappa shape index (κ2) is 6.06. The first kappa shape index (κ1) is 15.2. The number of alkyl halides is 2. The van der Waals surface area contributed by atoms with E-state index in [9.17, 15) is 13.6 Å². The molecule has 0 saturated carbocycles. The zero-order chi connectivity index (χ0) is 14.8. The third kappa shape index (κ3) is 3.46. The molecule has 1 N–H and O–H groups in total. The summed E-state index contributed by atoms with van der Waals surface area (Å²) >= 11 is 5.69. The number of amides is 1. The van der Waals surface area contributed by atoms with Crippen LogP contribution in [0.2, 0.25) is 5.02 Å². The van der Waals surface area contributed by atoms with Crippen LogP contribution in [0, 0.1) is 0 Å². The van der Waals surface area contributed by atoms with Gasteiger partial charge < -0.3 is 10.2 Å². The van der Waals surface area contributed by atoms with Gasteiger partial charge in [-0.1, -0.05) is 23.7 Å². The molecule has 0 atom stereocenters. The number of hydrogen-bond donors (Lipinski definition) is 1. The molecular weight excluding hydrogens is 286 g/mol. The highest BCUT2D eigenvalue weighted by Crippen LogP contribution is 2.30. The van der Waals surface area contributed by atoms with Crippen molar-refractivity contribution in [3.63, 3.8) is 0 Å². The average molecular weight is 303 g/mol. The first-order chi connectivity index (χ1) is 9.39. The fourth-order valence-electron chi connectivity index (χ4n) is 2.24. The van der Waals surface area contributed by atoms with Gasteiger partial charge in [-0.3, -0.25) is 4.79 Å². The van der Waals surface area contributed by atoms with Crippen molar-refractivity contribution in [3.05, 3.63) is 34.9 Å². The van der Waals surface area contributed by atoms with Crippen LogP contribution < -0.4 is 5.32 Å². The fraction of sp³-hybridized carbons (Fsp3) is 0.500. The van der Waals surface area contributed by atoms with E-state index in [1.807, 2.05) is 7.05 Å². The number of nitrogens with zero attached hydrogens (tertiary/aromatic N) is 1. The molecule has 0 aromatic heterocycles. The number of halogens is 3. The number of likely N-dealkylation sites (tertiary alicyclic amines) is 1. The number of carbonyl (C=O) groups is 1. The second-order valence-electron chi connectivity index (χ2n) is 5.14. The maximum Gasteiger partial charge on any atom is 0.349 e. The molecule has 3 nitrogen and oxygen atoms in total. The van der Waals surface area contributed by atoms with Gasteiger partial charge in [0.2, 0.25) is 0 Å². The summed E-state index contributed by atoms with van der Waals surface area (Å²) < 4.78 is 28.2. The van der Waals surface area contributed by atoms with Gasteiger partial charge in [0.25, 0.3) is 5.91 Å². The van der Waals surface area contributed by atoms with Gasteiger partial charge in [-0.05, 0) is 45.1 Å². The Morgan fingerprint density at radius 3 is 2.65 bits per heavy atom. The van der Waals surface area contributed by atoms with E-state index in [1.54, 1.807) is 0 Å². The molecule has 0 unspecified atom stereocenters. The Kier molecular flexibility index (Phi) is 4.60. The third-order valence-corrected chi connectivity index (χ3v) is 3.76. The Morgan fingerprint density at radius 1 is 1.40 bits per heavy atom. The molecule has 0 aliphatic carbocycles. The number of piperidine rings is 1. The molecule has 0 radical (unpaired) electrons. The van der Waals surface area contributed by atoms with Crippen LogP contribution in [0.4, 0.5) is 8.78 Å². The van der Waals surface area contributed by atoms with E-state index in [4.69, 9.17) is 11.6 Å². The van der Waals surface area contributed by atoms with E-state index in [1.165, 1.54) is 18.2 Å². The molecule has 2 rings (SSSR count). The topological polar surface area (TPSA) is 32.3 Å². The minimum absolute atomic E-state index is 0.189. The molecule has 1 heterocycles. The van der Waals surface area contributed by atoms with Gasteiger partial charge in [0.15, 0.2) is 0 Å². The normalized spacial score (nSPS) is 18.0. The number of carbonyl (C=O) groups excluding carboxylic acids is 1. The average Bonchev–Trinajstić information content (AvgIpc) is 2.41. The molecule has 1 aromatic rings. The van der Waals surface area contributed by atoms with Crippen molar-refractivity contribution in [1.82, 2.24) is 10.2 Å². The minimum Gasteiger partial charge on any atom is -0.348 e. The first-order valence-electron chi connectivity index (χ1n) is 6.53. The largest absolute Gasteiger partial charge is 0.349 e. The lowest BCUT2D eigenvalue weighted by atomic mass is 10.0. The Hall–Kier alpha value is -1.20. The smallest absolute Gasteiger partial charge is 0.348 e. The van der Waals surface area contributed by atoms with Crippen LogP contribution in [-0.2, 0) is 10.7 Å². The monoisotopic (exact) mass is 302 g/mol. The highest BCUT2D eigenvalue weighted by atomic mass is 35.5. The first-order valence-corrected chi connectivity index (χ1v) is 6.91. The fourth-order valence-corrected chi connectivity index (χ4v) is 2.43. The molecular formula is C14H17ClF2N2O. The van der Waals surface area contributed by atoms with E-state index >= 15 is 0 Å². The lowest BCUT2D eigenvalue weighted by Crippen LogP contribution is -2.48. The number of hydrogen-bond acceptors (Lipinski definition) is 2. The van der Waals surface area contributed by atoms with E-state index in [-0.39, 0.29) is 16.6 Å². The summed E-state index contributed by atoms with van der Waals surface area (Å²) in [6, 6.07) is 5.05. The molecule has 1 aromatic carbocycles. The van der Waals surface area contributed by atoms with Crippen LogP contribution in [0.3, 0.4) is 0 Å². The van der Waals surface area contributed by atoms with Crippen LogP contribution in [0.5, 0.6) is 0 Å². The lowest BCUT2D eigenvalue weighted by Gasteiger charge is -2.30. The molecule has 1 saturated heterocycles. The Morgan fingerprint density at radius 2 is 2.05 bits per heavy atom. The van der Waals surface area contributed by atoms with Gasteiger partial charge in [0.1, 0.15) is 0 Å². The van der Waals surface area contributed by atoms with Crippen molar-refractivity contribution in [2.24, 2.45) is 0 Å². The molecule has 1 aliphatic heterocycles. The van der Waals surface area contributed by atoms with Gasteiger partial charge in [0, 0.05) is 16.6 Å². The molecule has 110 valence electrons. The van der Waals surface area contributed by atoms with Crippen molar-refractivity contribution in [2.45, 2.75) is 24.8 Å². The molecule has 0 spiro atoms. The summed E-state index contributed by atoms with van der Waals surface area (Å²) in [7, 11) is 1.97. The summed E-state index contributed by atoms with van der Waals surface area (Å²) in [5.74, 6) is -4.82. The van der Waals surface area contributed by atoms with Gasteiger partial charge in [-0.2, -0.15) is 8.78 Å². The Labute approximate surface area is 121 Å². The van der Waals surface area contributed by atoms with Crippen molar-refractivity contribution in [3.8, 4) is 0 Å². The summed E-state index contributed by atoms with van der Waals surface area (Å²) in [5.41, 5.74) is -0.379. The third-order valence-electron chi connectivity index (χ3n) is 3.53. The van der Waals surface area contributed by atoms with Gasteiger partial charge in [0.05, 0.1) is 0 Å².